The van der Waals surface area contributed by atoms with E-state index in [9.17, 15) is 4.79 Å². The highest BCUT2D eigenvalue weighted by Crippen LogP contribution is 2.45. The summed E-state index contributed by atoms with van der Waals surface area (Å²) >= 11 is 6.17. The first-order valence-electron chi connectivity index (χ1n) is 5.22. The van der Waals surface area contributed by atoms with Gasteiger partial charge in [-0.1, -0.05) is 23.7 Å². The molecule has 2 atom stereocenters. The second-order valence-electron chi connectivity index (χ2n) is 4.41. The summed E-state index contributed by atoms with van der Waals surface area (Å²) in [5.74, 6) is 0.430. The molecule has 1 aliphatic heterocycles. The fourth-order valence-electron chi connectivity index (χ4n) is 2.83. The van der Waals surface area contributed by atoms with Crippen LogP contribution in [-0.4, -0.2) is 17.9 Å². The summed E-state index contributed by atoms with van der Waals surface area (Å²) in [4.78, 5) is 13.7. The van der Waals surface area contributed by atoms with Crippen LogP contribution < -0.4 is 0 Å². The third-order valence-electron chi connectivity index (χ3n) is 3.64. The topological polar surface area (TPSA) is 20.3 Å². The maximum absolute atomic E-state index is 11.8. The monoisotopic (exact) mass is 221 g/mol. The molecule has 1 fully saturated rings. The van der Waals surface area contributed by atoms with Crippen molar-refractivity contribution in [2.24, 2.45) is 5.92 Å². The first kappa shape index (κ1) is 9.22. The molecule has 3 heteroatoms. The van der Waals surface area contributed by atoms with Crippen molar-refractivity contribution < 1.29 is 4.79 Å². The molecule has 15 heavy (non-hydrogen) atoms. The van der Waals surface area contributed by atoms with E-state index in [2.05, 4.69) is 6.07 Å². The van der Waals surface area contributed by atoms with Crippen molar-refractivity contribution in [1.82, 2.24) is 4.90 Å². The Hall–Kier alpha value is -1.02. The molecule has 0 spiro atoms. The van der Waals surface area contributed by atoms with Crippen molar-refractivity contribution in [2.75, 3.05) is 7.05 Å². The first-order valence-corrected chi connectivity index (χ1v) is 5.60. The molecule has 2 aliphatic rings. The van der Waals surface area contributed by atoms with Crippen LogP contribution in [-0.2, 0) is 11.2 Å². The molecule has 1 saturated heterocycles. The Labute approximate surface area is 93.8 Å². The maximum Gasteiger partial charge on any atom is 0.226 e. The third kappa shape index (κ3) is 1.14. The van der Waals surface area contributed by atoms with Crippen molar-refractivity contribution in [3.63, 3.8) is 0 Å². The van der Waals surface area contributed by atoms with Gasteiger partial charge in [0.15, 0.2) is 0 Å². The van der Waals surface area contributed by atoms with Gasteiger partial charge in [-0.25, -0.2) is 0 Å². The molecule has 1 amide bonds. The Morgan fingerprint density at radius 1 is 1.47 bits per heavy atom. The Kier molecular flexibility index (Phi) is 1.84. The molecule has 1 aromatic rings. The van der Waals surface area contributed by atoms with E-state index in [0.717, 1.165) is 17.9 Å². The van der Waals surface area contributed by atoms with Crippen molar-refractivity contribution in [2.45, 2.75) is 18.9 Å². The summed E-state index contributed by atoms with van der Waals surface area (Å²) in [6.45, 7) is 0. The number of benzene rings is 1. The maximum atomic E-state index is 11.8. The molecule has 1 aliphatic carbocycles. The normalized spacial score (nSPS) is 28.1. The fourth-order valence-corrected chi connectivity index (χ4v) is 3.08. The quantitative estimate of drug-likeness (QED) is 0.659. The summed E-state index contributed by atoms with van der Waals surface area (Å²) in [6.07, 6.45) is 1.78. The van der Waals surface area contributed by atoms with Crippen LogP contribution in [0.1, 0.15) is 23.6 Å². The number of carbonyl (C=O) groups is 1. The van der Waals surface area contributed by atoms with E-state index < -0.39 is 0 Å². The number of fused-ring (bicyclic) bond motifs is 4. The lowest BCUT2D eigenvalue weighted by atomic mass is 9.84. The molecule has 2 bridgehead atoms. The van der Waals surface area contributed by atoms with Gasteiger partial charge in [-0.15, -0.1) is 0 Å². The molecule has 3 rings (SSSR count). The number of hydrogen-bond acceptors (Lipinski definition) is 1. The number of likely N-dealkylation sites (tertiary alicyclic amines) is 1. The van der Waals surface area contributed by atoms with Gasteiger partial charge in [-0.2, -0.15) is 0 Å². The first-order chi connectivity index (χ1) is 7.18. The Morgan fingerprint density at radius 2 is 2.27 bits per heavy atom. The predicted molar refractivity (Wildman–Crippen MR) is 58.8 cm³/mol. The van der Waals surface area contributed by atoms with Gasteiger partial charge in [-0.05, 0) is 30.0 Å². The van der Waals surface area contributed by atoms with Gasteiger partial charge in [0.25, 0.3) is 0 Å². The van der Waals surface area contributed by atoms with Crippen LogP contribution in [0, 0.1) is 5.92 Å². The molecular weight excluding hydrogens is 210 g/mol. The van der Waals surface area contributed by atoms with Crippen LogP contribution >= 0.6 is 11.6 Å². The Balaban J connectivity index is 2.17. The minimum atomic E-state index is 0.160. The Morgan fingerprint density at radius 3 is 3.07 bits per heavy atom. The summed E-state index contributed by atoms with van der Waals surface area (Å²) < 4.78 is 0. The fraction of sp³-hybridized carbons (Fsp3) is 0.417. The van der Waals surface area contributed by atoms with E-state index >= 15 is 0 Å². The van der Waals surface area contributed by atoms with Crippen LogP contribution in [0.3, 0.4) is 0 Å². The van der Waals surface area contributed by atoms with Gasteiger partial charge in [-0.3, -0.25) is 4.79 Å². The number of rotatable bonds is 0. The second kappa shape index (κ2) is 2.99. The van der Waals surface area contributed by atoms with E-state index in [4.69, 9.17) is 11.6 Å². The number of carbonyl (C=O) groups excluding carboxylic acids is 1. The minimum absolute atomic E-state index is 0.160. The zero-order valence-corrected chi connectivity index (χ0v) is 9.29. The number of halogens is 1. The van der Waals surface area contributed by atoms with E-state index in [1.165, 1.54) is 11.1 Å². The average molecular weight is 222 g/mol. The third-order valence-corrected chi connectivity index (χ3v) is 3.99. The summed E-state index contributed by atoms with van der Waals surface area (Å²) in [7, 11) is 1.89. The highest BCUT2D eigenvalue weighted by atomic mass is 35.5. The van der Waals surface area contributed by atoms with Crippen molar-refractivity contribution in [3.05, 3.63) is 34.3 Å². The molecule has 2 nitrogen and oxygen atoms in total. The van der Waals surface area contributed by atoms with Gasteiger partial charge in [0.1, 0.15) is 0 Å². The predicted octanol–water partition coefficient (Wildman–Crippen LogP) is 2.42. The van der Waals surface area contributed by atoms with Crippen molar-refractivity contribution >= 4 is 17.5 Å². The molecule has 1 aromatic carbocycles. The lowest BCUT2D eigenvalue weighted by Gasteiger charge is -2.24. The van der Waals surface area contributed by atoms with Crippen LogP contribution in [0.25, 0.3) is 0 Å². The van der Waals surface area contributed by atoms with Crippen LogP contribution in [0.5, 0.6) is 0 Å². The lowest BCUT2D eigenvalue weighted by Crippen LogP contribution is -2.23. The largest absolute Gasteiger partial charge is 0.338 e. The molecule has 0 saturated carbocycles. The zero-order valence-electron chi connectivity index (χ0n) is 8.53. The second-order valence-corrected chi connectivity index (χ2v) is 4.82. The molecule has 2 unspecified atom stereocenters. The molecule has 0 radical (unpaired) electrons. The van der Waals surface area contributed by atoms with Crippen LogP contribution in [0.4, 0.5) is 0 Å². The van der Waals surface area contributed by atoms with Gasteiger partial charge < -0.3 is 4.90 Å². The molecular formula is C12H12ClNO. The molecule has 0 N–H and O–H groups in total. The van der Waals surface area contributed by atoms with Gasteiger partial charge in [0, 0.05) is 18.0 Å². The van der Waals surface area contributed by atoms with Crippen LogP contribution in [0.2, 0.25) is 5.02 Å². The minimum Gasteiger partial charge on any atom is -0.338 e. The van der Waals surface area contributed by atoms with E-state index in [1.807, 2.05) is 24.1 Å². The lowest BCUT2D eigenvalue weighted by molar-refractivity contribution is -0.130. The highest BCUT2D eigenvalue weighted by molar-refractivity contribution is 6.31. The zero-order chi connectivity index (χ0) is 10.6. The Bertz CT molecular complexity index is 443. The highest BCUT2D eigenvalue weighted by Gasteiger charge is 2.43. The average Bonchev–Trinajstić information content (AvgIpc) is 2.46. The van der Waals surface area contributed by atoms with Crippen LogP contribution in [0.15, 0.2) is 18.2 Å². The summed E-state index contributed by atoms with van der Waals surface area (Å²) in [5.41, 5.74) is 2.42. The SMILES string of the molecule is CN1C(=O)C2Cc3c(Cl)cccc3C1C2. The smallest absolute Gasteiger partial charge is 0.226 e. The van der Waals surface area contributed by atoms with Gasteiger partial charge in [0.2, 0.25) is 5.91 Å². The van der Waals surface area contributed by atoms with E-state index in [-0.39, 0.29) is 17.9 Å². The van der Waals surface area contributed by atoms with Crippen molar-refractivity contribution in [3.8, 4) is 0 Å². The van der Waals surface area contributed by atoms with Crippen molar-refractivity contribution in [1.29, 1.82) is 0 Å². The van der Waals surface area contributed by atoms with Gasteiger partial charge in [0.05, 0.1) is 6.04 Å². The summed E-state index contributed by atoms with van der Waals surface area (Å²) in [6, 6.07) is 6.23. The van der Waals surface area contributed by atoms with E-state index in [0.29, 0.717) is 0 Å². The summed E-state index contributed by atoms with van der Waals surface area (Å²) in [5, 5.41) is 0.810. The van der Waals surface area contributed by atoms with E-state index in [1.54, 1.807) is 0 Å². The molecule has 1 heterocycles. The van der Waals surface area contributed by atoms with Gasteiger partial charge >= 0.3 is 0 Å². The number of amides is 1. The molecule has 78 valence electrons. The number of hydrogen-bond donors (Lipinski definition) is 0. The molecule has 0 aromatic heterocycles. The standard InChI is InChI=1S/C12H12ClNO/c1-14-11-6-7(12(14)15)5-9-8(11)3-2-4-10(9)13/h2-4,7,11H,5-6H2,1H3. The number of nitrogens with zero attached hydrogens (tertiary/aromatic N) is 1.